The number of ether oxygens (including phenoxy) is 1. The highest BCUT2D eigenvalue weighted by molar-refractivity contribution is 6.36. The van der Waals surface area contributed by atoms with Crippen molar-refractivity contribution in [3.05, 3.63) is 111 Å². The second-order valence-electron chi connectivity index (χ2n) is 6.99. The lowest BCUT2D eigenvalue weighted by atomic mass is 10.1. The van der Waals surface area contributed by atoms with Crippen molar-refractivity contribution >= 4 is 46.5 Å². The van der Waals surface area contributed by atoms with E-state index in [0.717, 1.165) is 16.9 Å². The van der Waals surface area contributed by atoms with Crippen LogP contribution in [0, 0.1) is 0 Å². The first-order valence-electron chi connectivity index (χ1n) is 9.73. The van der Waals surface area contributed by atoms with Crippen LogP contribution in [0.15, 0.2) is 79.0 Å². The van der Waals surface area contributed by atoms with Crippen LogP contribution < -0.4 is 10.1 Å². The largest absolute Gasteiger partial charge is 0.489 e. The zero-order chi connectivity index (χ0) is 22.5. The molecule has 1 amide bonds. The van der Waals surface area contributed by atoms with Crippen molar-refractivity contribution in [2.45, 2.75) is 13.2 Å². The Labute approximate surface area is 200 Å². The topological polar surface area (TPSA) is 56.2 Å². The summed E-state index contributed by atoms with van der Waals surface area (Å²) < 4.78 is 7.39. The number of rotatable bonds is 7. The van der Waals surface area contributed by atoms with Crippen molar-refractivity contribution in [2.75, 3.05) is 5.32 Å². The van der Waals surface area contributed by atoms with Gasteiger partial charge in [0.15, 0.2) is 5.82 Å². The van der Waals surface area contributed by atoms with Crippen LogP contribution in [0.3, 0.4) is 0 Å². The molecule has 1 aromatic heterocycles. The van der Waals surface area contributed by atoms with Gasteiger partial charge < -0.3 is 10.1 Å². The molecule has 8 heteroatoms. The molecule has 5 nitrogen and oxygen atoms in total. The summed E-state index contributed by atoms with van der Waals surface area (Å²) in [4.78, 5) is 12.6. The zero-order valence-corrected chi connectivity index (χ0v) is 19.0. The van der Waals surface area contributed by atoms with E-state index in [1.165, 1.54) is 0 Å². The Bertz CT molecular complexity index is 1200. The van der Waals surface area contributed by atoms with E-state index in [2.05, 4.69) is 10.4 Å². The number of hydrogen-bond acceptors (Lipinski definition) is 3. The third-order valence-electron chi connectivity index (χ3n) is 4.70. The summed E-state index contributed by atoms with van der Waals surface area (Å²) in [5.74, 6) is 0.911. The number of amides is 1. The van der Waals surface area contributed by atoms with Crippen LogP contribution in [0.25, 0.3) is 0 Å². The SMILES string of the molecule is O=C(Nc1ccn(Cc2c(Cl)cccc2Cl)n1)c1ccc(COc2ccc(Cl)cc2)cc1. The summed E-state index contributed by atoms with van der Waals surface area (Å²) in [6.07, 6.45) is 1.76. The first-order valence-corrected chi connectivity index (χ1v) is 10.9. The summed E-state index contributed by atoms with van der Waals surface area (Å²) in [5, 5.41) is 8.97. The molecule has 4 rings (SSSR count). The van der Waals surface area contributed by atoms with Crippen LogP contribution in [0.1, 0.15) is 21.5 Å². The minimum Gasteiger partial charge on any atom is -0.489 e. The maximum absolute atomic E-state index is 12.6. The van der Waals surface area contributed by atoms with E-state index >= 15 is 0 Å². The Kier molecular flexibility index (Phi) is 7.00. The first kappa shape index (κ1) is 22.2. The lowest BCUT2D eigenvalue weighted by Crippen LogP contribution is -2.13. The maximum atomic E-state index is 12.6. The molecule has 0 fully saturated rings. The van der Waals surface area contributed by atoms with Gasteiger partial charge in [-0.2, -0.15) is 5.10 Å². The summed E-state index contributed by atoms with van der Waals surface area (Å²) in [5.41, 5.74) is 2.23. The highest BCUT2D eigenvalue weighted by Gasteiger charge is 2.11. The minimum absolute atomic E-state index is 0.254. The van der Waals surface area contributed by atoms with E-state index in [4.69, 9.17) is 39.5 Å². The van der Waals surface area contributed by atoms with E-state index in [1.807, 2.05) is 24.3 Å². The number of carbonyl (C=O) groups excluding carboxylic acids is 1. The molecule has 0 aliphatic rings. The molecule has 32 heavy (non-hydrogen) atoms. The van der Waals surface area contributed by atoms with E-state index in [0.29, 0.717) is 39.6 Å². The third kappa shape index (κ3) is 5.62. The Morgan fingerprint density at radius 2 is 1.59 bits per heavy atom. The van der Waals surface area contributed by atoms with Crippen molar-refractivity contribution in [3.63, 3.8) is 0 Å². The smallest absolute Gasteiger partial charge is 0.256 e. The Balaban J connectivity index is 1.34. The standard InChI is InChI=1S/C24H18Cl3N3O2/c25-18-8-10-19(11-9-18)32-15-16-4-6-17(7-5-16)24(31)28-23-12-13-30(29-23)14-20-21(26)2-1-3-22(20)27/h1-13H,14-15H2,(H,28,29,31). The number of hydrogen-bond donors (Lipinski definition) is 1. The van der Waals surface area contributed by atoms with Crippen LogP contribution >= 0.6 is 34.8 Å². The zero-order valence-electron chi connectivity index (χ0n) is 16.8. The Morgan fingerprint density at radius 3 is 2.28 bits per heavy atom. The molecule has 162 valence electrons. The van der Waals surface area contributed by atoms with Crippen LogP contribution in [-0.4, -0.2) is 15.7 Å². The molecule has 1 heterocycles. The van der Waals surface area contributed by atoms with Crippen LogP contribution in [0.5, 0.6) is 5.75 Å². The van der Waals surface area contributed by atoms with Crippen LogP contribution in [-0.2, 0) is 13.2 Å². The molecular formula is C24H18Cl3N3O2. The molecule has 3 aromatic carbocycles. The Hall–Kier alpha value is -2.99. The van der Waals surface area contributed by atoms with Crippen molar-refractivity contribution in [2.24, 2.45) is 0 Å². The molecule has 0 bridgehead atoms. The lowest BCUT2D eigenvalue weighted by molar-refractivity contribution is 0.102. The molecule has 0 aliphatic heterocycles. The predicted molar refractivity (Wildman–Crippen MR) is 128 cm³/mol. The second kappa shape index (κ2) is 10.1. The summed E-state index contributed by atoms with van der Waals surface area (Å²) in [6.45, 7) is 0.787. The normalized spacial score (nSPS) is 10.7. The summed E-state index contributed by atoms with van der Waals surface area (Å²) >= 11 is 18.3. The molecule has 0 unspecified atom stereocenters. The van der Waals surface area contributed by atoms with Gasteiger partial charge in [0.25, 0.3) is 5.91 Å². The lowest BCUT2D eigenvalue weighted by Gasteiger charge is -2.08. The summed E-state index contributed by atoms with van der Waals surface area (Å²) in [7, 11) is 0. The number of nitrogens with zero attached hydrogens (tertiary/aromatic N) is 2. The van der Waals surface area contributed by atoms with Gasteiger partial charge in [-0.25, -0.2) is 0 Å². The monoisotopic (exact) mass is 485 g/mol. The Morgan fingerprint density at radius 1 is 0.906 bits per heavy atom. The van der Waals surface area contributed by atoms with Crippen molar-refractivity contribution in [1.29, 1.82) is 0 Å². The fraction of sp³-hybridized carbons (Fsp3) is 0.0833. The number of benzene rings is 3. The minimum atomic E-state index is -0.254. The van der Waals surface area contributed by atoms with E-state index < -0.39 is 0 Å². The average Bonchev–Trinajstić information content (AvgIpc) is 3.23. The molecule has 0 radical (unpaired) electrons. The highest BCUT2D eigenvalue weighted by Crippen LogP contribution is 2.25. The third-order valence-corrected chi connectivity index (χ3v) is 5.66. The predicted octanol–water partition coefficient (Wildman–Crippen LogP) is 6.72. The molecule has 0 aliphatic carbocycles. The van der Waals surface area contributed by atoms with E-state index in [9.17, 15) is 4.79 Å². The van der Waals surface area contributed by atoms with Crippen LogP contribution in [0.2, 0.25) is 15.1 Å². The second-order valence-corrected chi connectivity index (χ2v) is 8.24. The van der Waals surface area contributed by atoms with Gasteiger partial charge in [-0.1, -0.05) is 53.0 Å². The van der Waals surface area contributed by atoms with Crippen molar-refractivity contribution in [3.8, 4) is 5.75 Å². The highest BCUT2D eigenvalue weighted by atomic mass is 35.5. The fourth-order valence-electron chi connectivity index (χ4n) is 3.00. The van der Waals surface area contributed by atoms with Gasteiger partial charge in [-0.05, 0) is 54.1 Å². The number of anilines is 1. The molecule has 0 saturated heterocycles. The van der Waals surface area contributed by atoms with Crippen molar-refractivity contribution < 1.29 is 9.53 Å². The van der Waals surface area contributed by atoms with Gasteiger partial charge >= 0.3 is 0 Å². The number of carbonyl (C=O) groups is 1. The molecular weight excluding hydrogens is 469 g/mol. The van der Waals surface area contributed by atoms with Gasteiger partial charge in [-0.15, -0.1) is 0 Å². The molecule has 0 saturated carbocycles. The number of halogens is 3. The van der Waals surface area contributed by atoms with Crippen molar-refractivity contribution in [1.82, 2.24) is 9.78 Å². The maximum Gasteiger partial charge on any atom is 0.256 e. The van der Waals surface area contributed by atoms with E-state index in [1.54, 1.807) is 59.4 Å². The molecule has 4 aromatic rings. The summed E-state index contributed by atoms with van der Waals surface area (Å²) in [6, 6.07) is 21.4. The number of nitrogens with one attached hydrogen (secondary N) is 1. The number of aromatic nitrogens is 2. The van der Waals surface area contributed by atoms with Gasteiger partial charge in [0.2, 0.25) is 0 Å². The fourth-order valence-corrected chi connectivity index (χ4v) is 3.64. The quantitative estimate of drug-likeness (QED) is 0.315. The van der Waals surface area contributed by atoms with Gasteiger partial charge in [-0.3, -0.25) is 9.48 Å². The molecule has 0 atom stereocenters. The van der Waals surface area contributed by atoms with Gasteiger partial charge in [0, 0.05) is 38.5 Å². The van der Waals surface area contributed by atoms with E-state index in [-0.39, 0.29) is 5.91 Å². The molecule has 0 spiro atoms. The van der Waals surface area contributed by atoms with Crippen LogP contribution in [0.4, 0.5) is 5.82 Å². The molecule has 1 N–H and O–H groups in total. The average molecular weight is 487 g/mol. The van der Waals surface area contributed by atoms with Gasteiger partial charge in [0.05, 0.1) is 6.54 Å². The first-order chi connectivity index (χ1) is 15.5. The van der Waals surface area contributed by atoms with Gasteiger partial charge in [0.1, 0.15) is 12.4 Å².